The Bertz CT molecular complexity index is 1480. The number of non-ortho nitro benzene ring substituents is 1. The lowest BCUT2D eigenvalue weighted by atomic mass is 10.1. The summed E-state index contributed by atoms with van der Waals surface area (Å²) in [5, 5.41) is 10.9. The lowest BCUT2D eigenvalue weighted by molar-refractivity contribution is -0.384. The van der Waals surface area contributed by atoms with Gasteiger partial charge in [0.15, 0.2) is 27.3 Å². The summed E-state index contributed by atoms with van der Waals surface area (Å²) >= 11 is 8.89. The number of nitrogens with zero attached hydrogens (tertiary/aromatic N) is 2. The minimum Gasteiger partial charge on any atom is -0.490 e. The molecule has 0 N–H and O–H groups in total. The van der Waals surface area contributed by atoms with Crippen molar-refractivity contribution in [2.45, 2.75) is 13.5 Å². The van der Waals surface area contributed by atoms with E-state index in [2.05, 4.69) is 22.6 Å². The molecule has 5 rings (SSSR count). The molecule has 0 radical (unpaired) electrons. The zero-order valence-electron chi connectivity index (χ0n) is 19.8. The van der Waals surface area contributed by atoms with E-state index in [9.17, 15) is 14.9 Å². The minimum absolute atomic E-state index is 0.0200. The third kappa shape index (κ3) is 5.42. The molecule has 0 unspecified atom stereocenters. The predicted molar refractivity (Wildman–Crippen MR) is 156 cm³/mol. The number of carbonyl (C=O) groups is 1. The first-order valence-electron chi connectivity index (χ1n) is 11.3. The van der Waals surface area contributed by atoms with Gasteiger partial charge in [-0.25, -0.2) is 0 Å². The normalized spacial score (nSPS) is 15.3. The van der Waals surface area contributed by atoms with E-state index in [1.54, 1.807) is 36.4 Å². The van der Waals surface area contributed by atoms with Crippen LogP contribution in [-0.4, -0.2) is 28.6 Å². The molecule has 3 aromatic rings. The van der Waals surface area contributed by atoms with Crippen LogP contribution in [0, 0.1) is 13.7 Å². The Kier molecular flexibility index (Phi) is 7.72. The van der Waals surface area contributed by atoms with Crippen LogP contribution in [-0.2, 0) is 11.4 Å². The van der Waals surface area contributed by atoms with Gasteiger partial charge in [0, 0.05) is 18.2 Å². The van der Waals surface area contributed by atoms with Gasteiger partial charge in [0.2, 0.25) is 6.79 Å². The molecule has 2 aliphatic rings. The molecule has 0 bridgehead atoms. The predicted octanol–water partition coefficient (Wildman–Crippen LogP) is 6.31. The van der Waals surface area contributed by atoms with Crippen LogP contribution in [0.5, 0.6) is 23.0 Å². The second-order valence-corrected chi connectivity index (χ2v) is 10.9. The van der Waals surface area contributed by atoms with Gasteiger partial charge in [-0.15, -0.1) is 0 Å². The number of ether oxygens (including phenoxy) is 4. The number of halogens is 1. The van der Waals surface area contributed by atoms with Crippen molar-refractivity contribution in [3.8, 4) is 23.0 Å². The van der Waals surface area contributed by atoms with E-state index in [1.807, 2.05) is 19.1 Å². The number of amides is 1. The maximum Gasteiger partial charge on any atom is 0.270 e. The molecule has 0 spiro atoms. The molecule has 38 heavy (non-hydrogen) atoms. The van der Waals surface area contributed by atoms with Crippen LogP contribution >= 0.6 is 46.6 Å². The molecule has 0 atom stereocenters. The molecule has 2 heterocycles. The van der Waals surface area contributed by atoms with Crippen molar-refractivity contribution in [3.63, 3.8) is 0 Å². The molecule has 2 aliphatic heterocycles. The smallest absolute Gasteiger partial charge is 0.270 e. The Morgan fingerprint density at radius 3 is 2.63 bits per heavy atom. The van der Waals surface area contributed by atoms with Crippen molar-refractivity contribution in [3.05, 3.63) is 84.3 Å². The summed E-state index contributed by atoms with van der Waals surface area (Å²) < 4.78 is 23.9. The number of hydrogen-bond donors (Lipinski definition) is 0. The van der Waals surface area contributed by atoms with E-state index in [4.69, 9.17) is 31.2 Å². The standard InChI is InChI=1S/C26H19IN2O7S2/c1-2-33-22-10-16(9-19(27)24(22)34-13-15-3-5-17(6-4-15)29(31)32)11-23-25(30)28(26(37)38-23)18-7-8-20-21(12-18)36-14-35-20/h3-12H,2,13-14H2,1H3/b23-11+. The molecular formula is C26H19IN2O7S2. The zero-order chi connectivity index (χ0) is 26.8. The van der Waals surface area contributed by atoms with E-state index in [1.165, 1.54) is 28.8 Å². The van der Waals surface area contributed by atoms with Gasteiger partial charge < -0.3 is 18.9 Å². The average Bonchev–Trinajstić information content (AvgIpc) is 3.47. The second-order valence-electron chi connectivity index (χ2n) is 8.03. The number of thiocarbonyl (C=S) groups is 1. The van der Waals surface area contributed by atoms with Gasteiger partial charge in [-0.1, -0.05) is 24.0 Å². The fourth-order valence-electron chi connectivity index (χ4n) is 3.81. The van der Waals surface area contributed by atoms with Gasteiger partial charge in [0.25, 0.3) is 11.6 Å². The van der Waals surface area contributed by atoms with Crippen LogP contribution in [0.1, 0.15) is 18.1 Å². The van der Waals surface area contributed by atoms with Gasteiger partial charge in [0.05, 0.1) is 25.7 Å². The van der Waals surface area contributed by atoms with Crippen LogP contribution in [0.25, 0.3) is 6.08 Å². The minimum atomic E-state index is -0.442. The lowest BCUT2D eigenvalue weighted by Crippen LogP contribution is -2.27. The highest BCUT2D eigenvalue weighted by atomic mass is 127. The Hall–Kier alpha value is -3.36. The van der Waals surface area contributed by atoms with E-state index < -0.39 is 4.92 Å². The Morgan fingerprint density at radius 1 is 1.13 bits per heavy atom. The van der Waals surface area contributed by atoms with Crippen LogP contribution < -0.4 is 23.8 Å². The third-order valence-electron chi connectivity index (χ3n) is 5.57. The summed E-state index contributed by atoms with van der Waals surface area (Å²) in [6, 6.07) is 15.2. The number of benzene rings is 3. The van der Waals surface area contributed by atoms with Crippen molar-refractivity contribution in [1.29, 1.82) is 0 Å². The fourth-order valence-corrected chi connectivity index (χ4v) is 5.89. The van der Waals surface area contributed by atoms with Gasteiger partial charge in [-0.05, 0) is 83.1 Å². The Morgan fingerprint density at radius 2 is 1.89 bits per heavy atom. The molecule has 1 amide bonds. The monoisotopic (exact) mass is 662 g/mol. The number of fused-ring (bicyclic) bond motifs is 1. The highest BCUT2D eigenvalue weighted by Gasteiger charge is 2.34. The summed E-state index contributed by atoms with van der Waals surface area (Å²) in [7, 11) is 0. The average molecular weight is 662 g/mol. The highest BCUT2D eigenvalue weighted by Crippen LogP contribution is 2.42. The first-order valence-corrected chi connectivity index (χ1v) is 13.6. The van der Waals surface area contributed by atoms with Crippen molar-refractivity contribution < 1.29 is 28.7 Å². The SMILES string of the molecule is CCOc1cc(/C=C2/SC(=S)N(c3ccc4c(c3)OCO4)C2=O)cc(I)c1OCc1ccc([N+](=O)[O-])cc1. The van der Waals surface area contributed by atoms with Crippen molar-refractivity contribution >= 4 is 74.2 Å². The molecule has 0 aromatic heterocycles. The number of hydrogen-bond acceptors (Lipinski definition) is 9. The molecule has 1 fully saturated rings. The number of nitro benzene ring substituents is 1. The quantitative estimate of drug-likeness (QED) is 0.0904. The number of anilines is 1. The molecule has 3 aromatic carbocycles. The van der Waals surface area contributed by atoms with Crippen LogP contribution in [0.3, 0.4) is 0 Å². The number of nitro groups is 1. The number of rotatable bonds is 8. The summed E-state index contributed by atoms with van der Waals surface area (Å²) in [5.41, 5.74) is 2.17. The molecule has 0 aliphatic carbocycles. The molecule has 194 valence electrons. The highest BCUT2D eigenvalue weighted by molar-refractivity contribution is 14.1. The first kappa shape index (κ1) is 26.3. The molecule has 0 saturated carbocycles. The summed E-state index contributed by atoms with van der Waals surface area (Å²) in [4.78, 5) is 25.7. The van der Waals surface area contributed by atoms with Gasteiger partial charge in [0.1, 0.15) is 6.61 Å². The Labute approximate surface area is 241 Å². The van der Waals surface area contributed by atoms with E-state index in [0.717, 1.165) is 14.7 Å². The van der Waals surface area contributed by atoms with E-state index in [-0.39, 0.29) is 25.0 Å². The van der Waals surface area contributed by atoms with Crippen molar-refractivity contribution in [2.75, 3.05) is 18.3 Å². The topological polar surface area (TPSA) is 100 Å². The molecular weight excluding hydrogens is 643 g/mol. The lowest BCUT2D eigenvalue weighted by Gasteiger charge is -2.15. The van der Waals surface area contributed by atoms with E-state index in [0.29, 0.717) is 44.5 Å². The van der Waals surface area contributed by atoms with Gasteiger partial charge >= 0.3 is 0 Å². The van der Waals surface area contributed by atoms with Crippen LogP contribution in [0.4, 0.5) is 11.4 Å². The van der Waals surface area contributed by atoms with Crippen LogP contribution in [0.2, 0.25) is 0 Å². The van der Waals surface area contributed by atoms with Crippen molar-refractivity contribution in [2.24, 2.45) is 0 Å². The molecule has 9 nitrogen and oxygen atoms in total. The fraction of sp³-hybridized carbons (Fsp3) is 0.154. The number of carbonyl (C=O) groups excluding carboxylic acids is 1. The van der Waals surface area contributed by atoms with Crippen LogP contribution in [0.15, 0.2) is 59.5 Å². The largest absolute Gasteiger partial charge is 0.490 e. The number of thioether (sulfide) groups is 1. The molecule has 12 heteroatoms. The zero-order valence-corrected chi connectivity index (χ0v) is 23.6. The van der Waals surface area contributed by atoms with Gasteiger partial charge in [-0.2, -0.15) is 0 Å². The summed E-state index contributed by atoms with van der Waals surface area (Å²) in [5.74, 6) is 2.05. The Balaban J connectivity index is 1.37. The first-order chi connectivity index (χ1) is 18.3. The maximum atomic E-state index is 13.3. The summed E-state index contributed by atoms with van der Waals surface area (Å²) in [6.45, 7) is 2.64. The van der Waals surface area contributed by atoms with Gasteiger partial charge in [-0.3, -0.25) is 19.8 Å². The summed E-state index contributed by atoms with van der Waals surface area (Å²) in [6.07, 6.45) is 1.77. The van der Waals surface area contributed by atoms with Crippen molar-refractivity contribution in [1.82, 2.24) is 0 Å². The molecule has 1 saturated heterocycles. The maximum absolute atomic E-state index is 13.3. The third-order valence-corrected chi connectivity index (χ3v) is 7.67. The second kappa shape index (κ2) is 11.2. The van der Waals surface area contributed by atoms with E-state index >= 15 is 0 Å².